The molecular formula is C17H20BrN3O4. The lowest BCUT2D eigenvalue weighted by molar-refractivity contribution is -0.0457. The van der Waals surface area contributed by atoms with Crippen LogP contribution >= 0.6 is 15.9 Å². The lowest BCUT2D eigenvalue weighted by Crippen LogP contribution is -2.66. The Morgan fingerprint density at radius 2 is 2.00 bits per heavy atom. The lowest BCUT2D eigenvalue weighted by Gasteiger charge is -2.47. The summed E-state index contributed by atoms with van der Waals surface area (Å²) >= 11 is 3.57. The van der Waals surface area contributed by atoms with Crippen LogP contribution in [0.5, 0.6) is 0 Å². The topological polar surface area (TPSA) is 79.0 Å². The molecule has 2 aromatic rings. The Morgan fingerprint density at radius 3 is 2.60 bits per heavy atom. The highest BCUT2D eigenvalue weighted by Crippen LogP contribution is 2.33. The number of fused-ring (bicyclic) bond motifs is 3. The van der Waals surface area contributed by atoms with Crippen molar-refractivity contribution in [2.75, 3.05) is 31.2 Å². The molecule has 0 radical (unpaired) electrons. The van der Waals surface area contributed by atoms with E-state index in [-0.39, 0.29) is 12.1 Å². The number of ether oxygens (including phenoxy) is 1. The lowest BCUT2D eigenvalue weighted by atomic mass is 10.0. The molecule has 1 N–H and O–H groups in total. The van der Waals surface area contributed by atoms with E-state index in [1.165, 1.54) is 10.5 Å². The summed E-state index contributed by atoms with van der Waals surface area (Å²) in [4.78, 5) is 19.7. The SMILES string of the molecule is CC(C)c1cc(Br)c2oc(N3CC4COCC(C3)N4C(=O)O)nc2c1. The number of oxazole rings is 1. The molecule has 2 atom stereocenters. The standard InChI is InChI=1S/C17H20BrN3O4/c1-9(2)10-3-13(18)15-14(4-10)19-16(25-15)20-5-11-7-24-8-12(6-20)21(11)17(22)23/h3-4,9,11-12H,5-8H2,1-2H3,(H,22,23). The van der Waals surface area contributed by atoms with Gasteiger partial charge in [-0.05, 0) is 39.5 Å². The molecule has 2 fully saturated rings. The number of nitrogens with zero attached hydrogens (tertiary/aromatic N) is 3. The van der Waals surface area contributed by atoms with Crippen molar-refractivity contribution < 1.29 is 19.1 Å². The summed E-state index contributed by atoms with van der Waals surface area (Å²) in [6.07, 6.45) is -0.889. The maximum atomic E-state index is 11.5. The van der Waals surface area contributed by atoms with E-state index in [9.17, 15) is 9.90 Å². The zero-order valence-corrected chi connectivity index (χ0v) is 15.7. The van der Waals surface area contributed by atoms with Crippen LogP contribution in [-0.4, -0.2) is 59.5 Å². The number of carbonyl (C=O) groups is 1. The van der Waals surface area contributed by atoms with Gasteiger partial charge in [0.15, 0.2) is 5.58 Å². The second-order valence-electron chi connectivity index (χ2n) is 6.94. The Kier molecular flexibility index (Phi) is 4.11. The summed E-state index contributed by atoms with van der Waals surface area (Å²) < 4.78 is 12.4. The minimum atomic E-state index is -0.889. The third-order valence-electron chi connectivity index (χ3n) is 4.88. The van der Waals surface area contributed by atoms with Gasteiger partial charge in [-0.25, -0.2) is 4.79 Å². The summed E-state index contributed by atoms with van der Waals surface area (Å²) in [6, 6.07) is 4.25. The fraction of sp³-hybridized carbons (Fsp3) is 0.529. The molecule has 25 heavy (non-hydrogen) atoms. The first-order chi connectivity index (χ1) is 11.9. The van der Waals surface area contributed by atoms with E-state index in [4.69, 9.17) is 9.15 Å². The van der Waals surface area contributed by atoms with Crippen molar-refractivity contribution in [1.82, 2.24) is 9.88 Å². The first kappa shape index (κ1) is 16.7. The average Bonchev–Trinajstić information content (AvgIpc) is 2.98. The van der Waals surface area contributed by atoms with Gasteiger partial charge >= 0.3 is 6.09 Å². The molecule has 2 unspecified atom stereocenters. The minimum Gasteiger partial charge on any atom is -0.465 e. The van der Waals surface area contributed by atoms with Crippen LogP contribution in [0.15, 0.2) is 21.0 Å². The van der Waals surface area contributed by atoms with Crippen molar-refractivity contribution in [1.29, 1.82) is 0 Å². The van der Waals surface area contributed by atoms with E-state index < -0.39 is 6.09 Å². The van der Waals surface area contributed by atoms with Crippen molar-refractivity contribution in [3.8, 4) is 0 Å². The Hall–Kier alpha value is -1.80. The van der Waals surface area contributed by atoms with Gasteiger partial charge in [0.1, 0.15) is 5.52 Å². The molecule has 2 saturated heterocycles. The van der Waals surface area contributed by atoms with Crippen LogP contribution in [0.25, 0.3) is 11.1 Å². The number of halogens is 1. The second-order valence-corrected chi connectivity index (χ2v) is 7.80. The zero-order valence-electron chi connectivity index (χ0n) is 14.1. The van der Waals surface area contributed by atoms with E-state index >= 15 is 0 Å². The highest BCUT2D eigenvalue weighted by Gasteiger charge is 2.42. The van der Waals surface area contributed by atoms with Gasteiger partial charge in [0.05, 0.1) is 29.8 Å². The highest BCUT2D eigenvalue weighted by atomic mass is 79.9. The fourth-order valence-corrected chi connectivity index (χ4v) is 4.15. The first-order valence-electron chi connectivity index (χ1n) is 8.38. The molecule has 134 valence electrons. The largest absolute Gasteiger partial charge is 0.465 e. The van der Waals surface area contributed by atoms with E-state index in [0.717, 1.165) is 15.6 Å². The van der Waals surface area contributed by atoms with Gasteiger partial charge in [0.25, 0.3) is 6.01 Å². The summed E-state index contributed by atoms with van der Waals surface area (Å²) in [5.41, 5.74) is 2.73. The first-order valence-corrected chi connectivity index (χ1v) is 9.17. The van der Waals surface area contributed by atoms with Crippen LogP contribution in [0, 0.1) is 0 Å². The monoisotopic (exact) mass is 409 g/mol. The molecule has 1 amide bonds. The molecule has 7 nitrogen and oxygen atoms in total. The van der Waals surface area contributed by atoms with Crippen molar-refractivity contribution in [3.05, 3.63) is 22.2 Å². The molecular weight excluding hydrogens is 390 g/mol. The number of amides is 1. The number of carboxylic acid groups (broad SMARTS) is 1. The van der Waals surface area contributed by atoms with Crippen LogP contribution < -0.4 is 4.90 Å². The van der Waals surface area contributed by atoms with E-state index in [2.05, 4.69) is 46.9 Å². The van der Waals surface area contributed by atoms with E-state index in [1.54, 1.807) is 0 Å². The zero-order chi connectivity index (χ0) is 17.7. The summed E-state index contributed by atoms with van der Waals surface area (Å²) in [5, 5.41) is 9.44. The average molecular weight is 410 g/mol. The van der Waals surface area contributed by atoms with Gasteiger partial charge in [-0.2, -0.15) is 4.98 Å². The van der Waals surface area contributed by atoms with Crippen LogP contribution in [0.2, 0.25) is 0 Å². The van der Waals surface area contributed by atoms with Crippen molar-refractivity contribution in [2.24, 2.45) is 0 Å². The van der Waals surface area contributed by atoms with E-state index in [1.807, 2.05) is 4.90 Å². The predicted molar refractivity (Wildman–Crippen MR) is 96.3 cm³/mol. The summed E-state index contributed by atoms with van der Waals surface area (Å²) in [6.45, 7) is 6.12. The number of hydrogen-bond donors (Lipinski definition) is 1. The second kappa shape index (κ2) is 6.17. The normalized spacial score (nSPS) is 23.5. The Morgan fingerprint density at radius 1 is 1.32 bits per heavy atom. The fourth-order valence-electron chi connectivity index (χ4n) is 3.60. The molecule has 1 aromatic carbocycles. The molecule has 2 aliphatic heterocycles. The number of benzene rings is 1. The third-order valence-corrected chi connectivity index (χ3v) is 5.47. The summed E-state index contributed by atoms with van der Waals surface area (Å²) in [5.74, 6) is 0.400. The molecule has 8 heteroatoms. The Balaban J connectivity index is 1.66. The maximum Gasteiger partial charge on any atom is 0.408 e. The van der Waals surface area contributed by atoms with Crippen molar-refractivity contribution >= 4 is 39.1 Å². The third kappa shape index (κ3) is 2.87. The number of piperazine rings is 1. The van der Waals surface area contributed by atoms with Crippen LogP contribution in [0.3, 0.4) is 0 Å². The van der Waals surface area contributed by atoms with Gasteiger partial charge in [-0.1, -0.05) is 13.8 Å². The number of aromatic nitrogens is 1. The Labute approximate surface area is 153 Å². The summed E-state index contributed by atoms with van der Waals surface area (Å²) in [7, 11) is 0. The molecule has 0 saturated carbocycles. The number of morpholine rings is 1. The Bertz CT molecular complexity index is 808. The van der Waals surface area contributed by atoms with Crippen LogP contribution in [-0.2, 0) is 4.74 Å². The molecule has 0 aliphatic carbocycles. The number of anilines is 1. The minimum absolute atomic E-state index is 0.199. The molecule has 2 bridgehead atoms. The molecule has 2 aliphatic rings. The smallest absolute Gasteiger partial charge is 0.408 e. The molecule has 1 aromatic heterocycles. The van der Waals surface area contributed by atoms with E-state index in [0.29, 0.717) is 38.2 Å². The van der Waals surface area contributed by atoms with Gasteiger partial charge in [-0.15, -0.1) is 0 Å². The molecule has 4 rings (SSSR count). The van der Waals surface area contributed by atoms with Crippen LogP contribution in [0.4, 0.5) is 10.8 Å². The predicted octanol–water partition coefficient (Wildman–Crippen LogP) is 3.28. The highest BCUT2D eigenvalue weighted by molar-refractivity contribution is 9.10. The van der Waals surface area contributed by atoms with Gasteiger partial charge in [-0.3, -0.25) is 4.90 Å². The molecule has 0 spiro atoms. The number of hydrogen-bond acceptors (Lipinski definition) is 5. The van der Waals surface area contributed by atoms with Gasteiger partial charge < -0.3 is 19.2 Å². The van der Waals surface area contributed by atoms with Crippen molar-refractivity contribution in [3.63, 3.8) is 0 Å². The van der Waals surface area contributed by atoms with Crippen molar-refractivity contribution in [2.45, 2.75) is 31.8 Å². The van der Waals surface area contributed by atoms with Gasteiger partial charge in [0, 0.05) is 13.1 Å². The quantitative estimate of drug-likeness (QED) is 0.819. The molecule has 3 heterocycles. The maximum absolute atomic E-state index is 11.5. The number of rotatable bonds is 2. The van der Waals surface area contributed by atoms with Crippen LogP contribution in [0.1, 0.15) is 25.3 Å². The van der Waals surface area contributed by atoms with Gasteiger partial charge in [0.2, 0.25) is 0 Å².